The summed E-state index contributed by atoms with van der Waals surface area (Å²) < 4.78 is 24.3. The van der Waals surface area contributed by atoms with Crippen LogP contribution in [0.4, 0.5) is 0 Å². The minimum atomic E-state index is -3.83. The first-order chi connectivity index (χ1) is 11.3. The molecule has 1 aromatic carbocycles. The lowest BCUT2D eigenvalue weighted by Gasteiger charge is -2.16. The number of hydrogen-bond acceptors (Lipinski definition) is 4. The first kappa shape index (κ1) is 17.4. The first-order valence-electron chi connectivity index (χ1n) is 7.54. The zero-order valence-corrected chi connectivity index (χ0v) is 15.4. The number of sulfonamides is 1. The fourth-order valence-corrected chi connectivity index (χ4v) is 4.73. The van der Waals surface area contributed by atoms with E-state index in [0.29, 0.717) is 15.8 Å². The van der Waals surface area contributed by atoms with E-state index < -0.39 is 15.9 Å². The third kappa shape index (κ3) is 3.80. The summed E-state index contributed by atoms with van der Waals surface area (Å²) in [6, 6.07) is 7.57. The lowest BCUT2D eigenvalue weighted by atomic mass is 9.90. The van der Waals surface area contributed by atoms with E-state index in [0.717, 1.165) is 19.3 Å². The van der Waals surface area contributed by atoms with Crippen molar-refractivity contribution in [1.82, 2.24) is 10.3 Å². The van der Waals surface area contributed by atoms with E-state index in [4.69, 9.17) is 11.6 Å². The van der Waals surface area contributed by atoms with Gasteiger partial charge in [-0.25, -0.2) is 8.42 Å². The Kier molecular flexibility index (Phi) is 4.96. The monoisotopic (exact) mass is 384 g/mol. The summed E-state index contributed by atoms with van der Waals surface area (Å²) in [7, 11) is -3.83. The minimum absolute atomic E-state index is 0.0338. The molecule has 1 aliphatic rings. The van der Waals surface area contributed by atoms with E-state index in [2.05, 4.69) is 17.2 Å². The second-order valence-corrected chi connectivity index (χ2v) is 9.18. The van der Waals surface area contributed by atoms with Crippen LogP contribution in [0.1, 0.15) is 33.5 Å². The normalized spacial score (nSPS) is 17.3. The molecule has 0 saturated carbocycles. The largest absolute Gasteiger partial charge is 0.276 e. The van der Waals surface area contributed by atoms with Crippen molar-refractivity contribution in [3.8, 4) is 0 Å². The van der Waals surface area contributed by atoms with Crippen LogP contribution in [-0.4, -0.2) is 14.3 Å². The van der Waals surface area contributed by atoms with Gasteiger partial charge in [0.15, 0.2) is 0 Å². The molecule has 1 amide bonds. The third-order valence-electron chi connectivity index (χ3n) is 3.98. The Bertz CT molecular complexity index is 860. The van der Waals surface area contributed by atoms with Crippen LogP contribution in [-0.2, 0) is 22.9 Å². The maximum Gasteiger partial charge on any atom is 0.276 e. The van der Waals surface area contributed by atoms with Crippen LogP contribution < -0.4 is 10.3 Å². The lowest BCUT2D eigenvalue weighted by Crippen LogP contribution is -2.41. The molecule has 1 heterocycles. The first-order valence-corrected chi connectivity index (χ1v) is 10.2. The number of hydrazine groups is 1. The van der Waals surface area contributed by atoms with E-state index in [-0.39, 0.29) is 4.90 Å². The Balaban J connectivity index is 1.68. The highest BCUT2D eigenvalue weighted by Gasteiger charge is 2.22. The fourth-order valence-electron chi connectivity index (χ4n) is 2.67. The lowest BCUT2D eigenvalue weighted by molar-refractivity contribution is 0.0949. The maximum absolute atomic E-state index is 12.2. The summed E-state index contributed by atoms with van der Waals surface area (Å²) in [5, 5.41) is 0.441. The summed E-state index contributed by atoms with van der Waals surface area (Å²) in [4.78, 5) is 16.1. The predicted molar refractivity (Wildman–Crippen MR) is 94.7 cm³/mol. The van der Waals surface area contributed by atoms with Crippen LogP contribution in [0.15, 0.2) is 35.2 Å². The molecule has 0 unspecified atom stereocenters. The molecule has 1 aliphatic carbocycles. The summed E-state index contributed by atoms with van der Waals surface area (Å²) in [6.45, 7) is 2.20. The van der Waals surface area contributed by atoms with E-state index in [1.807, 2.05) is 6.07 Å². The maximum atomic E-state index is 12.2. The molecule has 0 radical (unpaired) electrons. The Hall–Kier alpha value is -1.41. The van der Waals surface area contributed by atoms with Crippen molar-refractivity contribution in [3.63, 3.8) is 0 Å². The van der Waals surface area contributed by atoms with Gasteiger partial charge in [0.05, 0.1) is 9.77 Å². The van der Waals surface area contributed by atoms with Gasteiger partial charge < -0.3 is 0 Å². The Morgan fingerprint density at radius 2 is 2.00 bits per heavy atom. The molecule has 24 heavy (non-hydrogen) atoms. The number of aryl methyl sites for hydroxylation is 1. The molecular weight excluding hydrogens is 368 g/mol. The molecule has 8 heteroatoms. The Morgan fingerprint density at radius 3 is 2.71 bits per heavy atom. The van der Waals surface area contributed by atoms with E-state index in [1.54, 1.807) is 0 Å². The van der Waals surface area contributed by atoms with Gasteiger partial charge in [-0.2, -0.15) is 0 Å². The molecule has 0 bridgehead atoms. The summed E-state index contributed by atoms with van der Waals surface area (Å²) in [5.74, 6) is 0.172. The van der Waals surface area contributed by atoms with Crippen LogP contribution in [0.25, 0.3) is 0 Å². The van der Waals surface area contributed by atoms with E-state index in [9.17, 15) is 13.2 Å². The number of carbonyl (C=O) groups excluding carboxylic acids is 1. The fraction of sp³-hybridized carbons (Fsp3) is 0.312. The molecule has 5 nitrogen and oxygen atoms in total. The van der Waals surface area contributed by atoms with Crippen molar-refractivity contribution in [2.75, 3.05) is 0 Å². The Labute approximate surface area is 150 Å². The number of thiophene rings is 1. The number of amides is 1. The average Bonchev–Trinajstić information content (AvgIpc) is 2.96. The summed E-state index contributed by atoms with van der Waals surface area (Å²) >= 11 is 7.18. The highest BCUT2D eigenvalue weighted by molar-refractivity contribution is 7.89. The second-order valence-electron chi connectivity index (χ2n) is 5.92. The van der Waals surface area contributed by atoms with E-state index in [1.165, 1.54) is 46.0 Å². The quantitative estimate of drug-likeness (QED) is 0.795. The molecule has 0 aliphatic heterocycles. The van der Waals surface area contributed by atoms with Gasteiger partial charge in [0, 0.05) is 9.90 Å². The predicted octanol–water partition coefficient (Wildman–Crippen LogP) is 3.15. The summed E-state index contributed by atoms with van der Waals surface area (Å²) in [6.07, 6.45) is 3.07. The average molecular weight is 385 g/mol. The van der Waals surface area contributed by atoms with Crippen LogP contribution in [0, 0.1) is 5.92 Å². The number of nitrogens with one attached hydrogen (secondary N) is 2. The number of hydrogen-bond donors (Lipinski definition) is 2. The van der Waals surface area contributed by atoms with Crippen molar-refractivity contribution in [3.05, 3.63) is 50.7 Å². The number of rotatable bonds is 4. The van der Waals surface area contributed by atoms with Gasteiger partial charge in [-0.3, -0.25) is 10.2 Å². The SMILES string of the molecule is C[C@H]1CCc2sc(C(=O)NNS(=O)(=O)c3ccc(Cl)cc3)cc2C1. The van der Waals surface area contributed by atoms with Crippen LogP contribution in [0.5, 0.6) is 0 Å². The van der Waals surface area contributed by atoms with Crippen molar-refractivity contribution in [1.29, 1.82) is 0 Å². The van der Waals surface area contributed by atoms with Gasteiger partial charge in [-0.05, 0) is 61.1 Å². The van der Waals surface area contributed by atoms with Crippen LogP contribution in [0.2, 0.25) is 5.02 Å². The van der Waals surface area contributed by atoms with Crippen LogP contribution >= 0.6 is 22.9 Å². The second kappa shape index (κ2) is 6.84. The molecule has 1 atom stereocenters. The molecule has 0 fully saturated rings. The zero-order valence-electron chi connectivity index (χ0n) is 13.0. The van der Waals surface area contributed by atoms with Crippen molar-refractivity contribution < 1.29 is 13.2 Å². The highest BCUT2D eigenvalue weighted by Crippen LogP contribution is 2.32. The van der Waals surface area contributed by atoms with Crippen molar-refractivity contribution in [2.24, 2.45) is 5.92 Å². The smallest absolute Gasteiger partial charge is 0.273 e. The van der Waals surface area contributed by atoms with Gasteiger partial charge in [-0.1, -0.05) is 18.5 Å². The molecular formula is C16H17ClN2O3S2. The molecule has 3 rings (SSSR count). The molecule has 1 aromatic heterocycles. The molecule has 0 saturated heterocycles. The van der Waals surface area contributed by atoms with Gasteiger partial charge >= 0.3 is 0 Å². The zero-order chi connectivity index (χ0) is 17.3. The van der Waals surface area contributed by atoms with Crippen molar-refractivity contribution in [2.45, 2.75) is 31.1 Å². The Morgan fingerprint density at radius 1 is 1.29 bits per heavy atom. The molecule has 2 aromatic rings. The number of carbonyl (C=O) groups is 1. The molecule has 0 spiro atoms. The van der Waals surface area contributed by atoms with Gasteiger partial charge in [-0.15, -0.1) is 16.2 Å². The van der Waals surface area contributed by atoms with Crippen molar-refractivity contribution >= 4 is 38.9 Å². The summed E-state index contributed by atoms with van der Waals surface area (Å²) in [5.41, 5.74) is 3.47. The molecule has 2 N–H and O–H groups in total. The number of halogens is 1. The number of benzene rings is 1. The third-order valence-corrected chi connectivity index (χ3v) is 6.73. The topological polar surface area (TPSA) is 75.3 Å². The van der Waals surface area contributed by atoms with Gasteiger partial charge in [0.25, 0.3) is 15.9 Å². The van der Waals surface area contributed by atoms with E-state index >= 15 is 0 Å². The van der Waals surface area contributed by atoms with Gasteiger partial charge in [0.1, 0.15) is 0 Å². The highest BCUT2D eigenvalue weighted by atomic mass is 35.5. The van der Waals surface area contributed by atoms with Crippen LogP contribution in [0.3, 0.4) is 0 Å². The van der Waals surface area contributed by atoms with Gasteiger partial charge in [0.2, 0.25) is 0 Å². The minimum Gasteiger partial charge on any atom is -0.273 e. The molecule has 128 valence electrons. The standard InChI is InChI=1S/C16H17ClN2O3S2/c1-10-2-7-14-11(8-10)9-15(23-14)16(20)18-19-24(21,22)13-5-3-12(17)4-6-13/h3-6,9-10,19H,2,7-8H2,1H3,(H,18,20)/t10-/m0/s1. The number of fused-ring (bicyclic) bond motifs is 1.